The van der Waals surface area contributed by atoms with Gasteiger partial charge in [0.05, 0.1) is 0 Å². The number of carbonyl (C=O) groups is 1. The summed E-state index contributed by atoms with van der Waals surface area (Å²) in [5, 5.41) is 5.87. The number of aromatic nitrogens is 2. The highest BCUT2D eigenvalue weighted by Gasteiger charge is 2.09. The quantitative estimate of drug-likeness (QED) is 0.804. The smallest absolute Gasteiger partial charge is 0.270 e. The summed E-state index contributed by atoms with van der Waals surface area (Å²) < 4.78 is 0. The number of benzene rings is 1. The van der Waals surface area contributed by atoms with Crippen molar-refractivity contribution >= 4 is 11.9 Å². The predicted molar refractivity (Wildman–Crippen MR) is 87.8 cm³/mol. The number of hydrogen-bond donors (Lipinski definition) is 2. The minimum Gasteiger partial charge on any atom is -0.350 e. The standard InChI is InChI=1S/C17H20N4O/c1-4-8-18-16(22)15-10-13(3)20-17(21-15)19-11-14-7-5-6-12(2)9-14/h4-7,9-10H,1,8,11H2,2-3H3,(H,18,22)(H,19,20,21). The first kappa shape index (κ1) is 15.7. The molecule has 5 nitrogen and oxygen atoms in total. The van der Waals surface area contributed by atoms with E-state index in [1.165, 1.54) is 5.56 Å². The van der Waals surface area contributed by atoms with Crippen LogP contribution in [0, 0.1) is 13.8 Å². The van der Waals surface area contributed by atoms with Gasteiger partial charge in [0.15, 0.2) is 0 Å². The topological polar surface area (TPSA) is 66.9 Å². The third-order valence-corrected chi connectivity index (χ3v) is 3.03. The van der Waals surface area contributed by atoms with Crippen molar-refractivity contribution in [2.24, 2.45) is 0 Å². The summed E-state index contributed by atoms with van der Waals surface area (Å²) in [4.78, 5) is 20.5. The molecular weight excluding hydrogens is 276 g/mol. The highest BCUT2D eigenvalue weighted by Crippen LogP contribution is 2.09. The van der Waals surface area contributed by atoms with Crippen molar-refractivity contribution in [2.45, 2.75) is 20.4 Å². The molecule has 0 unspecified atom stereocenters. The fourth-order valence-electron chi connectivity index (χ4n) is 2.02. The van der Waals surface area contributed by atoms with E-state index < -0.39 is 0 Å². The number of rotatable bonds is 6. The van der Waals surface area contributed by atoms with Gasteiger partial charge in [0.25, 0.3) is 5.91 Å². The van der Waals surface area contributed by atoms with Crippen LogP contribution in [-0.4, -0.2) is 22.4 Å². The Labute approximate surface area is 130 Å². The molecule has 114 valence electrons. The zero-order valence-electron chi connectivity index (χ0n) is 12.9. The Morgan fingerprint density at radius 1 is 1.27 bits per heavy atom. The molecule has 0 spiro atoms. The molecule has 1 heterocycles. The lowest BCUT2D eigenvalue weighted by atomic mass is 10.1. The van der Waals surface area contributed by atoms with Crippen molar-refractivity contribution in [2.75, 3.05) is 11.9 Å². The first-order valence-electron chi connectivity index (χ1n) is 7.12. The van der Waals surface area contributed by atoms with Crippen molar-refractivity contribution in [3.05, 3.63) is 65.5 Å². The molecule has 0 bridgehead atoms. The van der Waals surface area contributed by atoms with Gasteiger partial charge in [0.2, 0.25) is 5.95 Å². The molecular formula is C17H20N4O. The summed E-state index contributed by atoms with van der Waals surface area (Å²) in [6, 6.07) is 9.86. The SMILES string of the molecule is C=CCNC(=O)c1cc(C)nc(NCc2cccc(C)c2)n1. The molecule has 2 aromatic rings. The van der Waals surface area contributed by atoms with Crippen molar-refractivity contribution in [3.8, 4) is 0 Å². The third-order valence-electron chi connectivity index (χ3n) is 3.03. The normalized spacial score (nSPS) is 10.1. The molecule has 0 saturated carbocycles. The van der Waals surface area contributed by atoms with Crippen LogP contribution in [0.1, 0.15) is 27.3 Å². The zero-order chi connectivity index (χ0) is 15.9. The van der Waals surface area contributed by atoms with Gasteiger partial charge in [-0.25, -0.2) is 9.97 Å². The van der Waals surface area contributed by atoms with Crippen LogP contribution in [0.4, 0.5) is 5.95 Å². The molecule has 0 aliphatic carbocycles. The molecule has 0 aliphatic rings. The van der Waals surface area contributed by atoms with Crippen LogP contribution in [0.15, 0.2) is 43.0 Å². The van der Waals surface area contributed by atoms with Crippen LogP contribution >= 0.6 is 0 Å². The van der Waals surface area contributed by atoms with E-state index in [0.29, 0.717) is 24.7 Å². The Kier molecular flexibility index (Phi) is 5.25. The van der Waals surface area contributed by atoms with Crippen LogP contribution in [0.25, 0.3) is 0 Å². The summed E-state index contributed by atoms with van der Waals surface area (Å²) in [6.07, 6.45) is 1.63. The second-order valence-corrected chi connectivity index (χ2v) is 5.06. The summed E-state index contributed by atoms with van der Waals surface area (Å²) >= 11 is 0. The Balaban J connectivity index is 2.09. The van der Waals surface area contributed by atoms with Gasteiger partial charge in [-0.3, -0.25) is 4.79 Å². The van der Waals surface area contributed by atoms with Crippen molar-refractivity contribution in [1.82, 2.24) is 15.3 Å². The van der Waals surface area contributed by atoms with Crippen LogP contribution in [-0.2, 0) is 6.54 Å². The van der Waals surface area contributed by atoms with Gasteiger partial charge >= 0.3 is 0 Å². The number of aryl methyl sites for hydroxylation is 2. The third kappa shape index (κ3) is 4.41. The molecule has 1 amide bonds. The van der Waals surface area contributed by atoms with Gasteiger partial charge in [-0.05, 0) is 25.5 Å². The monoisotopic (exact) mass is 296 g/mol. The largest absolute Gasteiger partial charge is 0.350 e. The van der Waals surface area contributed by atoms with E-state index in [9.17, 15) is 4.79 Å². The number of amides is 1. The van der Waals surface area contributed by atoms with E-state index in [1.807, 2.05) is 19.1 Å². The second-order valence-electron chi connectivity index (χ2n) is 5.06. The van der Waals surface area contributed by atoms with Crippen LogP contribution in [0.2, 0.25) is 0 Å². The number of carbonyl (C=O) groups excluding carboxylic acids is 1. The lowest BCUT2D eigenvalue weighted by molar-refractivity contribution is 0.0953. The fraction of sp³-hybridized carbons (Fsp3) is 0.235. The maximum atomic E-state index is 11.9. The fourth-order valence-corrected chi connectivity index (χ4v) is 2.02. The maximum absolute atomic E-state index is 11.9. The highest BCUT2D eigenvalue weighted by atomic mass is 16.1. The molecule has 22 heavy (non-hydrogen) atoms. The van der Waals surface area contributed by atoms with Crippen molar-refractivity contribution < 1.29 is 4.79 Å². The van der Waals surface area contributed by atoms with Crippen molar-refractivity contribution in [1.29, 1.82) is 0 Å². The van der Waals surface area contributed by atoms with E-state index >= 15 is 0 Å². The molecule has 5 heteroatoms. The minimum absolute atomic E-state index is 0.232. The second kappa shape index (κ2) is 7.36. The molecule has 0 saturated heterocycles. The first-order chi connectivity index (χ1) is 10.6. The Hall–Kier alpha value is -2.69. The van der Waals surface area contributed by atoms with E-state index in [2.05, 4.69) is 46.2 Å². The number of nitrogens with one attached hydrogen (secondary N) is 2. The molecule has 0 atom stereocenters. The van der Waals surface area contributed by atoms with E-state index in [-0.39, 0.29) is 5.91 Å². The number of nitrogens with zero attached hydrogens (tertiary/aromatic N) is 2. The maximum Gasteiger partial charge on any atom is 0.270 e. The Bertz CT molecular complexity index is 682. The molecule has 0 aliphatic heterocycles. The van der Waals surface area contributed by atoms with Gasteiger partial charge in [-0.1, -0.05) is 35.9 Å². The van der Waals surface area contributed by atoms with E-state index in [4.69, 9.17) is 0 Å². The van der Waals surface area contributed by atoms with E-state index in [0.717, 1.165) is 11.3 Å². The van der Waals surface area contributed by atoms with E-state index in [1.54, 1.807) is 12.1 Å². The summed E-state index contributed by atoms with van der Waals surface area (Å²) in [5.41, 5.74) is 3.43. The summed E-state index contributed by atoms with van der Waals surface area (Å²) in [6.45, 7) is 8.48. The van der Waals surface area contributed by atoms with Gasteiger partial charge in [-0.2, -0.15) is 0 Å². The average molecular weight is 296 g/mol. The summed E-state index contributed by atoms with van der Waals surface area (Å²) in [5.74, 6) is 0.217. The Morgan fingerprint density at radius 3 is 2.82 bits per heavy atom. The number of anilines is 1. The number of hydrogen-bond acceptors (Lipinski definition) is 4. The first-order valence-corrected chi connectivity index (χ1v) is 7.12. The zero-order valence-corrected chi connectivity index (χ0v) is 12.9. The summed E-state index contributed by atoms with van der Waals surface area (Å²) in [7, 11) is 0. The molecule has 2 rings (SSSR count). The van der Waals surface area contributed by atoms with Crippen LogP contribution in [0.5, 0.6) is 0 Å². The Morgan fingerprint density at radius 2 is 2.09 bits per heavy atom. The van der Waals surface area contributed by atoms with Gasteiger partial charge in [0.1, 0.15) is 5.69 Å². The predicted octanol–water partition coefficient (Wildman–Crippen LogP) is 2.62. The van der Waals surface area contributed by atoms with Crippen LogP contribution < -0.4 is 10.6 Å². The molecule has 1 aromatic carbocycles. The van der Waals surface area contributed by atoms with Crippen LogP contribution in [0.3, 0.4) is 0 Å². The average Bonchev–Trinajstić information content (AvgIpc) is 2.50. The lowest BCUT2D eigenvalue weighted by Gasteiger charge is -2.08. The van der Waals surface area contributed by atoms with Crippen molar-refractivity contribution in [3.63, 3.8) is 0 Å². The molecule has 0 fully saturated rings. The molecule has 1 aromatic heterocycles. The lowest BCUT2D eigenvalue weighted by Crippen LogP contribution is -2.25. The highest BCUT2D eigenvalue weighted by molar-refractivity contribution is 5.92. The van der Waals surface area contributed by atoms with Gasteiger partial charge in [-0.15, -0.1) is 6.58 Å². The molecule has 2 N–H and O–H groups in total. The van der Waals surface area contributed by atoms with Gasteiger partial charge in [0, 0.05) is 18.8 Å². The van der Waals surface area contributed by atoms with Gasteiger partial charge < -0.3 is 10.6 Å². The molecule has 0 radical (unpaired) electrons. The minimum atomic E-state index is -0.232.